The summed E-state index contributed by atoms with van der Waals surface area (Å²) in [7, 11) is 0. The van der Waals surface area contributed by atoms with E-state index in [1.165, 1.54) is 0 Å². The van der Waals surface area contributed by atoms with Gasteiger partial charge in [-0.1, -0.05) is 30.4 Å². The van der Waals surface area contributed by atoms with Gasteiger partial charge in [-0.2, -0.15) is 0 Å². The molecule has 1 aliphatic carbocycles. The van der Waals surface area contributed by atoms with Crippen LogP contribution in [-0.2, 0) is 0 Å². The molecule has 2 heteroatoms. The average molecular weight is 186 g/mol. The zero-order valence-electron chi connectivity index (χ0n) is 7.91. The van der Waals surface area contributed by atoms with Crippen molar-refractivity contribution in [2.75, 3.05) is 0 Å². The summed E-state index contributed by atoms with van der Waals surface area (Å²) in [5, 5.41) is 0. The van der Waals surface area contributed by atoms with Crippen LogP contribution in [0.3, 0.4) is 0 Å². The zero-order valence-corrected chi connectivity index (χ0v) is 7.91. The highest BCUT2D eigenvalue weighted by Gasteiger charge is 2.28. The Hall–Kier alpha value is -1.70. The smallest absolute Gasteiger partial charge is 0.171 e. The van der Waals surface area contributed by atoms with Crippen LogP contribution in [0.2, 0.25) is 0 Å². The number of Topliss-reactive ketones (excluding diaryl/α,β-unsaturated/α-hetero) is 2. The van der Waals surface area contributed by atoms with Crippen LogP contribution in [0.25, 0.3) is 6.08 Å². The van der Waals surface area contributed by atoms with Gasteiger partial charge >= 0.3 is 0 Å². The van der Waals surface area contributed by atoms with E-state index in [1.807, 2.05) is 31.2 Å². The molecule has 0 unspecified atom stereocenters. The SMILES string of the molecule is CC=Cc1cccc2c1C(=O)CC2=O. The van der Waals surface area contributed by atoms with Crippen molar-refractivity contribution in [1.82, 2.24) is 0 Å². The molecule has 70 valence electrons. The number of ketones is 2. The molecule has 2 rings (SSSR count). The highest BCUT2D eigenvalue weighted by atomic mass is 16.2. The maximum Gasteiger partial charge on any atom is 0.171 e. The average Bonchev–Trinajstić information content (AvgIpc) is 2.44. The summed E-state index contributed by atoms with van der Waals surface area (Å²) in [6, 6.07) is 5.38. The van der Waals surface area contributed by atoms with E-state index < -0.39 is 0 Å². The largest absolute Gasteiger partial charge is 0.294 e. The molecule has 0 heterocycles. The summed E-state index contributed by atoms with van der Waals surface area (Å²) in [5.74, 6) is -0.116. The van der Waals surface area contributed by atoms with E-state index >= 15 is 0 Å². The van der Waals surface area contributed by atoms with Gasteiger partial charge in [0.15, 0.2) is 11.6 Å². The Morgan fingerprint density at radius 3 is 2.71 bits per heavy atom. The van der Waals surface area contributed by atoms with Crippen molar-refractivity contribution < 1.29 is 9.59 Å². The highest BCUT2D eigenvalue weighted by Crippen LogP contribution is 2.26. The molecule has 0 fully saturated rings. The molecule has 2 nitrogen and oxygen atoms in total. The van der Waals surface area contributed by atoms with Gasteiger partial charge in [0.2, 0.25) is 0 Å². The standard InChI is InChI=1S/C12H10O2/c1-2-4-8-5-3-6-9-10(13)7-11(14)12(8)9/h2-6H,7H2,1H3. The summed E-state index contributed by atoms with van der Waals surface area (Å²) < 4.78 is 0. The van der Waals surface area contributed by atoms with E-state index in [9.17, 15) is 9.59 Å². The van der Waals surface area contributed by atoms with E-state index in [0.717, 1.165) is 5.56 Å². The van der Waals surface area contributed by atoms with Crippen LogP contribution in [0.1, 0.15) is 39.6 Å². The van der Waals surface area contributed by atoms with Crippen LogP contribution in [0.15, 0.2) is 24.3 Å². The predicted octanol–water partition coefficient (Wildman–Crippen LogP) is 2.49. The molecule has 0 spiro atoms. The van der Waals surface area contributed by atoms with Crippen LogP contribution in [-0.4, -0.2) is 11.6 Å². The van der Waals surface area contributed by atoms with Gasteiger partial charge in [-0.05, 0) is 12.5 Å². The molecule has 1 aromatic carbocycles. The van der Waals surface area contributed by atoms with E-state index in [0.29, 0.717) is 11.1 Å². The third-order valence-electron chi connectivity index (χ3n) is 2.34. The summed E-state index contributed by atoms with van der Waals surface area (Å²) in [6.07, 6.45) is 3.75. The molecule has 0 saturated heterocycles. The first-order valence-electron chi connectivity index (χ1n) is 4.56. The van der Waals surface area contributed by atoms with Gasteiger partial charge in [-0.25, -0.2) is 0 Å². The lowest BCUT2D eigenvalue weighted by atomic mass is 10.0. The fraction of sp³-hybridized carbons (Fsp3) is 0.167. The fourth-order valence-corrected chi connectivity index (χ4v) is 1.76. The first kappa shape index (κ1) is 8.88. The number of rotatable bonds is 1. The number of hydrogen-bond donors (Lipinski definition) is 0. The van der Waals surface area contributed by atoms with Crippen LogP contribution in [0.5, 0.6) is 0 Å². The number of carbonyl (C=O) groups is 2. The lowest BCUT2D eigenvalue weighted by Crippen LogP contribution is -1.94. The van der Waals surface area contributed by atoms with Gasteiger partial charge in [0, 0.05) is 11.1 Å². The van der Waals surface area contributed by atoms with Crippen LogP contribution < -0.4 is 0 Å². The molecule has 0 aromatic heterocycles. The summed E-state index contributed by atoms with van der Waals surface area (Å²) >= 11 is 0. The summed E-state index contributed by atoms with van der Waals surface area (Å²) in [5.41, 5.74) is 2.02. The Bertz CT molecular complexity index is 442. The number of fused-ring (bicyclic) bond motifs is 1. The second-order valence-electron chi connectivity index (χ2n) is 3.29. The molecule has 0 aliphatic heterocycles. The third kappa shape index (κ3) is 1.20. The number of benzene rings is 1. The topological polar surface area (TPSA) is 34.1 Å². The van der Waals surface area contributed by atoms with Gasteiger partial charge in [-0.3, -0.25) is 9.59 Å². The first-order valence-corrected chi connectivity index (χ1v) is 4.56. The van der Waals surface area contributed by atoms with E-state index in [-0.39, 0.29) is 18.0 Å². The van der Waals surface area contributed by atoms with Gasteiger partial charge in [0.1, 0.15) is 0 Å². The molecule has 0 atom stereocenters. The van der Waals surface area contributed by atoms with E-state index in [4.69, 9.17) is 0 Å². The molecule has 0 N–H and O–H groups in total. The highest BCUT2D eigenvalue weighted by molar-refractivity contribution is 6.25. The van der Waals surface area contributed by atoms with Crippen molar-refractivity contribution >= 4 is 17.6 Å². The predicted molar refractivity (Wildman–Crippen MR) is 54.4 cm³/mol. The quantitative estimate of drug-likeness (QED) is 0.631. The Kier molecular flexibility index (Phi) is 2.04. The maximum absolute atomic E-state index is 11.5. The number of carbonyl (C=O) groups excluding carboxylic acids is 2. The zero-order chi connectivity index (χ0) is 10.1. The van der Waals surface area contributed by atoms with Crippen LogP contribution in [0, 0.1) is 0 Å². The fourth-order valence-electron chi connectivity index (χ4n) is 1.76. The van der Waals surface area contributed by atoms with Crippen molar-refractivity contribution in [1.29, 1.82) is 0 Å². The molecule has 0 bridgehead atoms. The van der Waals surface area contributed by atoms with Crippen LogP contribution >= 0.6 is 0 Å². The Balaban J connectivity index is 2.67. The van der Waals surface area contributed by atoms with Crippen LogP contribution in [0.4, 0.5) is 0 Å². The monoisotopic (exact) mass is 186 g/mol. The van der Waals surface area contributed by atoms with Crippen molar-refractivity contribution in [2.24, 2.45) is 0 Å². The van der Waals surface area contributed by atoms with Crippen molar-refractivity contribution in [3.8, 4) is 0 Å². The first-order chi connectivity index (χ1) is 6.74. The summed E-state index contributed by atoms with van der Waals surface area (Å²) in [4.78, 5) is 22.9. The lowest BCUT2D eigenvalue weighted by Gasteiger charge is -2.00. The van der Waals surface area contributed by atoms with Gasteiger partial charge in [0.25, 0.3) is 0 Å². The minimum atomic E-state index is -0.0589. The van der Waals surface area contributed by atoms with Gasteiger partial charge in [0.05, 0.1) is 6.42 Å². The Labute approximate surface area is 82.2 Å². The third-order valence-corrected chi connectivity index (χ3v) is 2.34. The molecular formula is C12H10O2. The minimum absolute atomic E-state index is 0.0316. The lowest BCUT2D eigenvalue weighted by molar-refractivity contribution is 0.0923. The summed E-state index contributed by atoms with van der Waals surface area (Å²) in [6.45, 7) is 1.89. The van der Waals surface area contributed by atoms with Crippen molar-refractivity contribution in [2.45, 2.75) is 13.3 Å². The molecule has 14 heavy (non-hydrogen) atoms. The molecule has 0 saturated carbocycles. The van der Waals surface area contributed by atoms with Gasteiger partial charge in [-0.15, -0.1) is 0 Å². The van der Waals surface area contributed by atoms with E-state index in [2.05, 4.69) is 0 Å². The second-order valence-corrected chi connectivity index (χ2v) is 3.29. The van der Waals surface area contributed by atoms with E-state index in [1.54, 1.807) is 6.07 Å². The second kappa shape index (κ2) is 3.22. The molecular weight excluding hydrogens is 176 g/mol. The van der Waals surface area contributed by atoms with Gasteiger partial charge < -0.3 is 0 Å². The Morgan fingerprint density at radius 2 is 2.00 bits per heavy atom. The molecule has 0 amide bonds. The van der Waals surface area contributed by atoms with Crippen molar-refractivity contribution in [3.63, 3.8) is 0 Å². The molecule has 0 radical (unpaired) electrons. The normalized spacial score (nSPS) is 15.2. The molecule has 1 aliphatic rings. The number of hydrogen-bond acceptors (Lipinski definition) is 2. The Morgan fingerprint density at radius 1 is 1.21 bits per heavy atom. The number of allylic oxidation sites excluding steroid dienone is 1. The van der Waals surface area contributed by atoms with Crippen molar-refractivity contribution in [3.05, 3.63) is 41.0 Å². The minimum Gasteiger partial charge on any atom is -0.294 e. The molecule has 1 aromatic rings. The maximum atomic E-state index is 11.5.